The summed E-state index contributed by atoms with van der Waals surface area (Å²) in [6.07, 6.45) is 1.92. The van der Waals surface area contributed by atoms with Gasteiger partial charge in [-0.1, -0.05) is 30.4 Å². The number of ketones is 1. The third-order valence-corrected chi connectivity index (χ3v) is 2.61. The summed E-state index contributed by atoms with van der Waals surface area (Å²) in [5, 5.41) is 1.02. The molecule has 2 aromatic rings. The molecule has 0 unspecified atom stereocenters. The summed E-state index contributed by atoms with van der Waals surface area (Å²) in [5.41, 5.74) is 2.96. The van der Waals surface area contributed by atoms with Gasteiger partial charge in [-0.2, -0.15) is 0 Å². The number of nitrogens with zero attached hydrogens (tertiary/aromatic N) is 1. The fourth-order valence-corrected chi connectivity index (χ4v) is 1.95. The molecule has 0 saturated heterocycles. The number of Topliss-reactive ketones (excluding diaryl/α,β-unsaturated/α-hetero) is 1. The van der Waals surface area contributed by atoms with Gasteiger partial charge in [-0.25, -0.2) is 0 Å². The molecule has 0 N–H and O–H groups in total. The maximum atomic E-state index is 11.5. The quantitative estimate of drug-likeness (QED) is 0.565. The van der Waals surface area contributed by atoms with E-state index in [-0.39, 0.29) is 5.78 Å². The Kier molecular flexibility index (Phi) is 2.65. The van der Waals surface area contributed by atoms with Crippen LogP contribution >= 0.6 is 0 Å². The Morgan fingerprint density at radius 2 is 2.00 bits per heavy atom. The van der Waals surface area contributed by atoms with Gasteiger partial charge in [-0.3, -0.25) is 4.79 Å². The fourth-order valence-electron chi connectivity index (χ4n) is 1.95. The summed E-state index contributed by atoms with van der Waals surface area (Å²) in [6.45, 7) is 8.26. The van der Waals surface area contributed by atoms with Gasteiger partial charge in [0, 0.05) is 29.2 Å². The first-order valence-corrected chi connectivity index (χ1v) is 5.33. The van der Waals surface area contributed by atoms with Crippen molar-refractivity contribution < 1.29 is 4.79 Å². The van der Waals surface area contributed by atoms with Crippen LogP contribution in [-0.4, -0.2) is 10.4 Å². The van der Waals surface area contributed by atoms with E-state index in [4.69, 9.17) is 0 Å². The van der Waals surface area contributed by atoms with Gasteiger partial charge in [-0.15, -0.1) is 0 Å². The lowest BCUT2D eigenvalue weighted by Gasteiger charge is -2.03. The van der Waals surface area contributed by atoms with Crippen LogP contribution in [0.2, 0.25) is 0 Å². The predicted molar refractivity (Wildman–Crippen MR) is 66.8 cm³/mol. The highest BCUT2D eigenvalue weighted by Gasteiger charge is 2.10. The van der Waals surface area contributed by atoms with E-state index >= 15 is 0 Å². The highest BCUT2D eigenvalue weighted by atomic mass is 16.1. The average Bonchev–Trinajstić information content (AvgIpc) is 2.57. The van der Waals surface area contributed by atoms with Crippen molar-refractivity contribution >= 4 is 16.7 Å². The van der Waals surface area contributed by atoms with E-state index in [1.807, 2.05) is 37.4 Å². The molecular weight excluding hydrogens is 198 g/mol. The van der Waals surface area contributed by atoms with Crippen LogP contribution in [0, 0.1) is 0 Å². The fraction of sp³-hybridized carbons (Fsp3) is 0.214. The molecule has 0 aliphatic rings. The first-order chi connectivity index (χ1) is 7.59. The summed E-state index contributed by atoms with van der Waals surface area (Å²) in [5.74, 6) is 0.108. The number of aromatic nitrogens is 1. The van der Waals surface area contributed by atoms with Crippen LogP contribution in [0.5, 0.6) is 0 Å². The van der Waals surface area contributed by atoms with Crippen molar-refractivity contribution in [1.82, 2.24) is 4.57 Å². The highest BCUT2D eigenvalue weighted by molar-refractivity contribution is 6.06. The van der Waals surface area contributed by atoms with Gasteiger partial charge in [0.15, 0.2) is 5.78 Å². The number of benzene rings is 1. The number of carbonyl (C=O) groups excluding carboxylic acids is 1. The minimum atomic E-state index is 0.108. The molecule has 0 aliphatic heterocycles. The number of carbonyl (C=O) groups is 1. The van der Waals surface area contributed by atoms with Crippen LogP contribution in [0.1, 0.15) is 24.2 Å². The van der Waals surface area contributed by atoms with Gasteiger partial charge >= 0.3 is 0 Å². The molecule has 1 aromatic carbocycles. The van der Waals surface area contributed by atoms with Crippen molar-refractivity contribution in [2.45, 2.75) is 20.4 Å². The van der Waals surface area contributed by atoms with Crippen LogP contribution in [0.3, 0.4) is 0 Å². The van der Waals surface area contributed by atoms with Crippen LogP contribution in [0.4, 0.5) is 0 Å². The normalized spacial score (nSPS) is 10.6. The summed E-state index contributed by atoms with van der Waals surface area (Å²) in [6, 6.07) is 7.97. The SMILES string of the molecule is C=C(C)Cn1cc(C(C)=O)c2ccccc21. The van der Waals surface area contributed by atoms with Crippen molar-refractivity contribution in [3.63, 3.8) is 0 Å². The lowest BCUT2D eigenvalue weighted by atomic mass is 10.1. The largest absolute Gasteiger partial charge is 0.343 e. The number of allylic oxidation sites excluding steroid dienone is 1. The third-order valence-electron chi connectivity index (χ3n) is 2.61. The summed E-state index contributed by atoms with van der Waals surface area (Å²) in [4.78, 5) is 11.5. The minimum Gasteiger partial charge on any atom is -0.343 e. The van der Waals surface area contributed by atoms with Crippen molar-refractivity contribution in [3.05, 3.63) is 48.2 Å². The van der Waals surface area contributed by atoms with Gasteiger partial charge in [0.1, 0.15) is 0 Å². The molecule has 0 spiro atoms. The van der Waals surface area contributed by atoms with Crippen molar-refractivity contribution in [3.8, 4) is 0 Å². The Bertz CT molecular complexity index is 563. The molecule has 0 aliphatic carbocycles. The van der Waals surface area contributed by atoms with E-state index in [2.05, 4.69) is 11.1 Å². The van der Waals surface area contributed by atoms with E-state index < -0.39 is 0 Å². The molecule has 2 nitrogen and oxygen atoms in total. The molecule has 1 aromatic heterocycles. The number of hydrogen-bond acceptors (Lipinski definition) is 1. The van der Waals surface area contributed by atoms with Gasteiger partial charge in [-0.05, 0) is 19.9 Å². The second-order valence-corrected chi connectivity index (χ2v) is 4.20. The second-order valence-electron chi connectivity index (χ2n) is 4.20. The van der Waals surface area contributed by atoms with Crippen molar-refractivity contribution in [2.24, 2.45) is 0 Å². The van der Waals surface area contributed by atoms with E-state index in [0.29, 0.717) is 0 Å². The lowest BCUT2D eigenvalue weighted by molar-refractivity contribution is 0.101. The average molecular weight is 213 g/mol. The molecule has 16 heavy (non-hydrogen) atoms. The highest BCUT2D eigenvalue weighted by Crippen LogP contribution is 2.22. The molecular formula is C14H15NO. The molecule has 2 heteroatoms. The molecule has 0 atom stereocenters. The van der Waals surface area contributed by atoms with Crippen molar-refractivity contribution in [1.29, 1.82) is 0 Å². The molecule has 2 rings (SSSR count). The predicted octanol–water partition coefficient (Wildman–Crippen LogP) is 3.42. The summed E-state index contributed by atoms with van der Waals surface area (Å²) >= 11 is 0. The van der Waals surface area contributed by atoms with Crippen LogP contribution in [0.15, 0.2) is 42.6 Å². The summed E-state index contributed by atoms with van der Waals surface area (Å²) < 4.78 is 2.08. The van der Waals surface area contributed by atoms with E-state index in [1.54, 1.807) is 6.92 Å². The summed E-state index contributed by atoms with van der Waals surface area (Å²) in [7, 11) is 0. The Balaban J connectivity index is 2.66. The Morgan fingerprint density at radius 3 is 2.62 bits per heavy atom. The number of fused-ring (bicyclic) bond motifs is 1. The van der Waals surface area contributed by atoms with Gasteiger partial charge < -0.3 is 4.57 Å². The number of para-hydroxylation sites is 1. The van der Waals surface area contributed by atoms with E-state index in [0.717, 1.165) is 28.6 Å². The molecule has 0 bridgehead atoms. The van der Waals surface area contributed by atoms with Crippen molar-refractivity contribution in [2.75, 3.05) is 0 Å². The molecule has 1 heterocycles. The number of hydrogen-bond donors (Lipinski definition) is 0. The molecule has 0 saturated carbocycles. The minimum absolute atomic E-state index is 0.108. The Labute approximate surface area is 95.2 Å². The first-order valence-electron chi connectivity index (χ1n) is 5.33. The number of rotatable bonds is 3. The first kappa shape index (κ1) is 10.7. The standard InChI is InChI=1S/C14H15NO/c1-10(2)8-15-9-13(11(3)16)12-6-4-5-7-14(12)15/h4-7,9H,1,8H2,2-3H3. The van der Waals surface area contributed by atoms with Crippen LogP contribution in [-0.2, 0) is 6.54 Å². The monoisotopic (exact) mass is 213 g/mol. The maximum Gasteiger partial charge on any atom is 0.161 e. The third kappa shape index (κ3) is 1.78. The van der Waals surface area contributed by atoms with Crippen LogP contribution < -0.4 is 0 Å². The lowest BCUT2D eigenvalue weighted by Crippen LogP contribution is -1.96. The smallest absolute Gasteiger partial charge is 0.161 e. The Morgan fingerprint density at radius 1 is 1.31 bits per heavy atom. The molecule has 82 valence electrons. The molecule has 0 radical (unpaired) electrons. The topological polar surface area (TPSA) is 22.0 Å². The van der Waals surface area contributed by atoms with Gasteiger partial charge in [0.25, 0.3) is 0 Å². The zero-order valence-corrected chi connectivity index (χ0v) is 9.66. The zero-order valence-electron chi connectivity index (χ0n) is 9.66. The van der Waals surface area contributed by atoms with E-state index in [1.165, 1.54) is 0 Å². The van der Waals surface area contributed by atoms with E-state index in [9.17, 15) is 4.79 Å². The van der Waals surface area contributed by atoms with Crippen LogP contribution in [0.25, 0.3) is 10.9 Å². The van der Waals surface area contributed by atoms with Gasteiger partial charge in [0.2, 0.25) is 0 Å². The second kappa shape index (κ2) is 3.97. The van der Waals surface area contributed by atoms with Gasteiger partial charge in [0.05, 0.1) is 0 Å². The maximum absolute atomic E-state index is 11.5. The molecule has 0 amide bonds. The Hall–Kier alpha value is -1.83. The zero-order chi connectivity index (χ0) is 11.7. The molecule has 0 fully saturated rings.